The molecule has 0 atom stereocenters. The van der Waals surface area contributed by atoms with E-state index in [0.29, 0.717) is 16.4 Å². The van der Waals surface area contributed by atoms with Crippen molar-refractivity contribution in [2.45, 2.75) is 18.7 Å². The van der Waals surface area contributed by atoms with Gasteiger partial charge in [0, 0.05) is 10.6 Å². The van der Waals surface area contributed by atoms with Gasteiger partial charge in [0.05, 0.1) is 10.0 Å². The summed E-state index contributed by atoms with van der Waals surface area (Å²) in [5, 5.41) is 8.70. The highest BCUT2D eigenvalue weighted by Gasteiger charge is 2.11. The van der Waals surface area contributed by atoms with E-state index in [-0.39, 0.29) is 10.3 Å². The van der Waals surface area contributed by atoms with E-state index in [4.69, 9.17) is 5.26 Å². The third-order valence-electron chi connectivity index (χ3n) is 1.74. The Hall–Kier alpha value is -0.530. The van der Waals surface area contributed by atoms with Gasteiger partial charge in [0.2, 0.25) is 0 Å². The zero-order valence-electron chi connectivity index (χ0n) is 8.55. The van der Waals surface area contributed by atoms with Crippen molar-refractivity contribution in [2.24, 2.45) is 5.92 Å². The predicted octanol–water partition coefficient (Wildman–Crippen LogP) is 4.21. The molecule has 0 heterocycles. The standard InChI is InChI=1S/C11H11BrFNS/c1-7(2)6-15-9-4-3-8(5-14)10(12)11(9)13/h3-4,7H,6H2,1-2H3. The first-order valence-corrected chi connectivity index (χ1v) is 6.35. The van der Waals surface area contributed by atoms with Crippen molar-refractivity contribution in [2.75, 3.05) is 5.75 Å². The Balaban J connectivity index is 2.93. The van der Waals surface area contributed by atoms with Gasteiger partial charge < -0.3 is 0 Å². The Morgan fingerprint density at radius 3 is 2.73 bits per heavy atom. The summed E-state index contributed by atoms with van der Waals surface area (Å²) in [6, 6.07) is 5.23. The van der Waals surface area contributed by atoms with Gasteiger partial charge in [-0.15, -0.1) is 11.8 Å². The van der Waals surface area contributed by atoms with Crippen LogP contribution >= 0.6 is 27.7 Å². The van der Waals surface area contributed by atoms with Gasteiger partial charge in [0.15, 0.2) is 5.82 Å². The lowest BCUT2D eigenvalue weighted by Crippen LogP contribution is -1.93. The first-order valence-electron chi connectivity index (χ1n) is 4.57. The average molecular weight is 288 g/mol. The van der Waals surface area contributed by atoms with Crippen molar-refractivity contribution in [1.82, 2.24) is 0 Å². The fourth-order valence-electron chi connectivity index (χ4n) is 0.986. The van der Waals surface area contributed by atoms with Crippen LogP contribution in [0.1, 0.15) is 19.4 Å². The third kappa shape index (κ3) is 3.22. The molecular formula is C11H11BrFNS. The van der Waals surface area contributed by atoms with Crippen molar-refractivity contribution in [3.63, 3.8) is 0 Å². The molecule has 0 spiro atoms. The number of thioether (sulfide) groups is 1. The molecule has 0 bridgehead atoms. The van der Waals surface area contributed by atoms with Crippen molar-refractivity contribution in [3.05, 3.63) is 28.0 Å². The van der Waals surface area contributed by atoms with Crippen LogP contribution in [0.15, 0.2) is 21.5 Å². The molecule has 0 aliphatic rings. The van der Waals surface area contributed by atoms with Gasteiger partial charge in [-0.2, -0.15) is 5.26 Å². The summed E-state index contributed by atoms with van der Waals surface area (Å²) in [6.07, 6.45) is 0. The highest BCUT2D eigenvalue weighted by molar-refractivity contribution is 9.10. The molecule has 0 N–H and O–H groups in total. The van der Waals surface area contributed by atoms with Gasteiger partial charge in [-0.3, -0.25) is 0 Å². The molecule has 0 aliphatic carbocycles. The Morgan fingerprint density at radius 1 is 1.53 bits per heavy atom. The Bertz CT molecular complexity index is 398. The van der Waals surface area contributed by atoms with E-state index in [2.05, 4.69) is 29.8 Å². The number of halogens is 2. The molecule has 80 valence electrons. The van der Waals surface area contributed by atoms with Crippen molar-refractivity contribution < 1.29 is 4.39 Å². The Kier molecular flexibility index (Phi) is 4.62. The van der Waals surface area contributed by atoms with Gasteiger partial charge in [-0.1, -0.05) is 13.8 Å². The predicted molar refractivity (Wildman–Crippen MR) is 64.4 cm³/mol. The van der Waals surface area contributed by atoms with Crippen LogP contribution in [0.5, 0.6) is 0 Å². The molecule has 0 saturated heterocycles. The third-order valence-corrected chi connectivity index (χ3v) is 3.97. The second-order valence-electron chi connectivity index (χ2n) is 3.56. The minimum atomic E-state index is -0.334. The van der Waals surface area contributed by atoms with E-state index in [1.807, 2.05) is 6.07 Å². The van der Waals surface area contributed by atoms with Gasteiger partial charge in [0.1, 0.15) is 6.07 Å². The number of nitriles is 1. The molecule has 0 unspecified atom stereocenters. The van der Waals surface area contributed by atoms with Gasteiger partial charge >= 0.3 is 0 Å². The number of hydrogen-bond donors (Lipinski definition) is 0. The van der Waals surface area contributed by atoms with Crippen molar-refractivity contribution in [1.29, 1.82) is 5.26 Å². The molecule has 0 radical (unpaired) electrons. The minimum absolute atomic E-state index is 0.263. The van der Waals surface area contributed by atoms with E-state index < -0.39 is 0 Å². The number of benzene rings is 1. The smallest absolute Gasteiger partial charge is 0.152 e. The minimum Gasteiger partial charge on any atom is -0.204 e. The van der Waals surface area contributed by atoms with E-state index in [0.717, 1.165) is 5.75 Å². The first-order chi connectivity index (χ1) is 7.06. The second kappa shape index (κ2) is 5.53. The van der Waals surface area contributed by atoms with E-state index >= 15 is 0 Å². The summed E-state index contributed by atoms with van der Waals surface area (Å²) >= 11 is 4.56. The van der Waals surface area contributed by atoms with Crippen LogP contribution in [0, 0.1) is 23.1 Å². The quantitative estimate of drug-likeness (QED) is 0.778. The van der Waals surface area contributed by atoms with Crippen molar-refractivity contribution in [3.8, 4) is 6.07 Å². The average Bonchev–Trinajstić information content (AvgIpc) is 2.20. The molecular weight excluding hydrogens is 277 g/mol. The highest BCUT2D eigenvalue weighted by Crippen LogP contribution is 2.30. The van der Waals surface area contributed by atoms with Crippen LogP contribution in [0.3, 0.4) is 0 Å². The van der Waals surface area contributed by atoms with E-state index in [1.54, 1.807) is 12.1 Å². The summed E-state index contributed by atoms with van der Waals surface area (Å²) < 4.78 is 13.9. The molecule has 0 aliphatic heterocycles. The van der Waals surface area contributed by atoms with Crippen molar-refractivity contribution >= 4 is 27.7 Å². The molecule has 1 aromatic rings. The maximum atomic E-state index is 13.7. The maximum absolute atomic E-state index is 13.7. The topological polar surface area (TPSA) is 23.8 Å². The molecule has 1 nitrogen and oxygen atoms in total. The summed E-state index contributed by atoms with van der Waals surface area (Å²) in [5.74, 6) is 1.05. The van der Waals surface area contributed by atoms with Gasteiger partial charge in [-0.25, -0.2) is 4.39 Å². The number of rotatable bonds is 3. The summed E-state index contributed by atoms with van der Waals surface area (Å²) in [7, 11) is 0. The fourth-order valence-corrected chi connectivity index (χ4v) is 2.46. The maximum Gasteiger partial charge on any atom is 0.152 e. The lowest BCUT2D eigenvalue weighted by Gasteiger charge is -2.07. The molecule has 1 aromatic carbocycles. The summed E-state index contributed by atoms with van der Waals surface area (Å²) in [4.78, 5) is 0.592. The van der Waals surface area contributed by atoms with Crippen LogP contribution in [0.2, 0.25) is 0 Å². The second-order valence-corrected chi connectivity index (χ2v) is 5.41. The van der Waals surface area contributed by atoms with E-state index in [1.165, 1.54) is 11.8 Å². The SMILES string of the molecule is CC(C)CSc1ccc(C#N)c(Br)c1F. The lowest BCUT2D eigenvalue weighted by atomic mass is 10.2. The molecule has 15 heavy (non-hydrogen) atoms. The highest BCUT2D eigenvalue weighted by atomic mass is 79.9. The Morgan fingerprint density at radius 2 is 2.20 bits per heavy atom. The zero-order valence-corrected chi connectivity index (χ0v) is 11.0. The molecule has 0 saturated carbocycles. The van der Waals surface area contributed by atoms with Gasteiger partial charge in [0.25, 0.3) is 0 Å². The normalized spacial score (nSPS) is 10.4. The zero-order chi connectivity index (χ0) is 11.4. The number of hydrogen-bond acceptors (Lipinski definition) is 2. The summed E-state index contributed by atoms with van der Waals surface area (Å²) in [6.45, 7) is 4.17. The molecule has 4 heteroatoms. The van der Waals surface area contributed by atoms with Gasteiger partial charge in [-0.05, 0) is 34.0 Å². The lowest BCUT2D eigenvalue weighted by molar-refractivity contribution is 0.594. The largest absolute Gasteiger partial charge is 0.204 e. The fraction of sp³-hybridized carbons (Fsp3) is 0.364. The molecule has 0 fully saturated rings. The van der Waals surface area contributed by atoms with Crippen LogP contribution in [0.25, 0.3) is 0 Å². The Labute approximate surface area is 102 Å². The molecule has 0 amide bonds. The van der Waals surface area contributed by atoms with E-state index in [9.17, 15) is 4.39 Å². The summed E-state index contributed by atoms with van der Waals surface area (Å²) in [5.41, 5.74) is 0.335. The monoisotopic (exact) mass is 287 g/mol. The number of nitrogens with zero attached hydrogens (tertiary/aromatic N) is 1. The molecule has 1 rings (SSSR count). The van der Waals surface area contributed by atoms with Crippen LogP contribution in [-0.2, 0) is 0 Å². The molecule has 0 aromatic heterocycles. The first kappa shape index (κ1) is 12.5. The van der Waals surface area contributed by atoms with Crippen LogP contribution in [0.4, 0.5) is 4.39 Å². The van der Waals surface area contributed by atoms with Crippen LogP contribution < -0.4 is 0 Å². The van der Waals surface area contributed by atoms with Crippen LogP contribution in [-0.4, -0.2) is 5.75 Å².